The van der Waals surface area contributed by atoms with Gasteiger partial charge < -0.3 is 14.8 Å². The number of methoxy groups -OCH3 is 1. The molecule has 1 saturated heterocycles. The van der Waals surface area contributed by atoms with Gasteiger partial charge in [-0.05, 0) is 11.8 Å². The van der Waals surface area contributed by atoms with E-state index in [0.717, 1.165) is 19.6 Å². The van der Waals surface area contributed by atoms with Crippen LogP contribution in [0.25, 0.3) is 0 Å². The first-order valence-corrected chi connectivity index (χ1v) is 9.57. The Morgan fingerprint density at radius 3 is 2.39 bits per heavy atom. The Kier molecular flexibility index (Phi) is 10.4. The number of unbranched alkanes of at least 4 members (excludes halogenated alkanes) is 5. The zero-order chi connectivity index (χ0) is 17.1. The fourth-order valence-corrected chi connectivity index (χ4v) is 3.13. The van der Waals surface area contributed by atoms with Gasteiger partial charge >= 0.3 is 0 Å². The summed E-state index contributed by atoms with van der Waals surface area (Å²) in [4.78, 5) is 2.54. The van der Waals surface area contributed by atoms with E-state index in [2.05, 4.69) is 37.9 Å². The molecule has 0 aromatic heterocycles. The maximum Gasteiger partial charge on any atom is 0.123 e. The first-order chi connectivity index (χ1) is 11.0. The van der Waals surface area contributed by atoms with Gasteiger partial charge in [0.2, 0.25) is 0 Å². The van der Waals surface area contributed by atoms with Gasteiger partial charge in [-0.25, -0.2) is 0 Å². The summed E-state index contributed by atoms with van der Waals surface area (Å²) < 4.78 is 11.1. The van der Waals surface area contributed by atoms with Gasteiger partial charge in [-0.2, -0.15) is 0 Å². The van der Waals surface area contributed by atoms with E-state index in [4.69, 9.17) is 9.47 Å². The SMILES string of the molecule is CCCCCCCCN1CC(C(C)(C)C)NCC1OCCOC. The third kappa shape index (κ3) is 8.48. The van der Waals surface area contributed by atoms with Crippen molar-refractivity contribution in [3.05, 3.63) is 0 Å². The van der Waals surface area contributed by atoms with Crippen LogP contribution < -0.4 is 5.32 Å². The Labute approximate surface area is 144 Å². The summed E-state index contributed by atoms with van der Waals surface area (Å²) in [6.45, 7) is 13.7. The van der Waals surface area contributed by atoms with Crippen molar-refractivity contribution in [2.24, 2.45) is 5.41 Å². The van der Waals surface area contributed by atoms with Crippen LogP contribution in [0.2, 0.25) is 0 Å². The highest BCUT2D eigenvalue weighted by atomic mass is 16.5. The number of ether oxygens (including phenoxy) is 2. The van der Waals surface area contributed by atoms with Gasteiger partial charge in [-0.1, -0.05) is 59.8 Å². The van der Waals surface area contributed by atoms with Crippen LogP contribution in [0.5, 0.6) is 0 Å². The molecule has 23 heavy (non-hydrogen) atoms. The Bertz CT molecular complexity index is 292. The first kappa shape index (κ1) is 20.9. The summed E-state index contributed by atoms with van der Waals surface area (Å²) in [6, 6.07) is 0.532. The summed E-state index contributed by atoms with van der Waals surface area (Å²) in [5.41, 5.74) is 0.289. The number of piperazine rings is 1. The zero-order valence-corrected chi connectivity index (χ0v) is 16.2. The fourth-order valence-electron chi connectivity index (χ4n) is 3.13. The topological polar surface area (TPSA) is 33.7 Å². The Balaban J connectivity index is 2.40. The van der Waals surface area contributed by atoms with Crippen molar-refractivity contribution in [3.8, 4) is 0 Å². The van der Waals surface area contributed by atoms with Gasteiger partial charge in [-0.3, -0.25) is 4.90 Å². The van der Waals surface area contributed by atoms with E-state index in [9.17, 15) is 0 Å². The van der Waals surface area contributed by atoms with E-state index in [-0.39, 0.29) is 11.6 Å². The first-order valence-electron chi connectivity index (χ1n) is 9.57. The van der Waals surface area contributed by atoms with E-state index in [1.807, 2.05) is 0 Å². The second kappa shape index (κ2) is 11.4. The Morgan fingerprint density at radius 2 is 1.74 bits per heavy atom. The molecule has 0 aromatic carbocycles. The minimum absolute atomic E-state index is 0.194. The van der Waals surface area contributed by atoms with Crippen molar-refractivity contribution < 1.29 is 9.47 Å². The maximum absolute atomic E-state index is 6.03. The molecule has 0 bridgehead atoms. The van der Waals surface area contributed by atoms with Crippen molar-refractivity contribution in [2.45, 2.75) is 78.5 Å². The standard InChI is InChI=1S/C19H40N2O2/c1-6-7-8-9-10-11-12-21-16-17(19(2,3)4)20-15-18(21)23-14-13-22-5/h17-18,20H,6-16H2,1-5H3. The van der Waals surface area contributed by atoms with Crippen molar-refractivity contribution in [1.82, 2.24) is 10.2 Å². The van der Waals surface area contributed by atoms with Crippen LogP contribution in [0.4, 0.5) is 0 Å². The highest BCUT2D eigenvalue weighted by Crippen LogP contribution is 2.24. The lowest BCUT2D eigenvalue weighted by Gasteiger charge is -2.44. The Hall–Kier alpha value is -0.160. The molecule has 1 aliphatic heterocycles. The quantitative estimate of drug-likeness (QED) is 0.587. The Morgan fingerprint density at radius 1 is 1.04 bits per heavy atom. The van der Waals surface area contributed by atoms with Gasteiger partial charge in [0.1, 0.15) is 6.23 Å². The molecule has 0 spiro atoms. The molecule has 1 aliphatic rings. The summed E-state index contributed by atoms with van der Waals surface area (Å²) in [5.74, 6) is 0. The summed E-state index contributed by atoms with van der Waals surface area (Å²) in [7, 11) is 1.73. The van der Waals surface area contributed by atoms with Gasteiger partial charge in [0, 0.05) is 32.8 Å². The van der Waals surface area contributed by atoms with E-state index in [1.54, 1.807) is 7.11 Å². The molecule has 138 valence electrons. The predicted molar refractivity (Wildman–Crippen MR) is 97.8 cm³/mol. The number of rotatable bonds is 11. The third-order valence-electron chi connectivity index (χ3n) is 4.81. The number of nitrogens with one attached hydrogen (secondary N) is 1. The lowest BCUT2D eigenvalue weighted by Crippen LogP contribution is -2.61. The smallest absolute Gasteiger partial charge is 0.123 e. The number of hydrogen-bond acceptors (Lipinski definition) is 4. The molecular formula is C19H40N2O2. The van der Waals surface area contributed by atoms with E-state index in [0.29, 0.717) is 19.3 Å². The van der Waals surface area contributed by atoms with Crippen molar-refractivity contribution >= 4 is 0 Å². The lowest BCUT2D eigenvalue weighted by molar-refractivity contribution is -0.0980. The van der Waals surface area contributed by atoms with Gasteiger partial charge in [0.25, 0.3) is 0 Å². The highest BCUT2D eigenvalue weighted by molar-refractivity contribution is 4.89. The molecule has 4 heteroatoms. The largest absolute Gasteiger partial charge is 0.382 e. The summed E-state index contributed by atoms with van der Waals surface area (Å²) >= 11 is 0. The van der Waals surface area contributed by atoms with Gasteiger partial charge in [-0.15, -0.1) is 0 Å². The van der Waals surface area contributed by atoms with Crippen LogP contribution in [0.3, 0.4) is 0 Å². The van der Waals surface area contributed by atoms with Crippen LogP contribution in [0.1, 0.15) is 66.2 Å². The molecule has 0 radical (unpaired) electrons. The highest BCUT2D eigenvalue weighted by Gasteiger charge is 2.34. The maximum atomic E-state index is 6.03. The van der Waals surface area contributed by atoms with Gasteiger partial charge in [0.05, 0.1) is 13.2 Å². The minimum atomic E-state index is 0.194. The molecule has 1 rings (SSSR count). The third-order valence-corrected chi connectivity index (χ3v) is 4.81. The molecule has 1 heterocycles. The molecule has 2 unspecified atom stereocenters. The number of nitrogens with zero attached hydrogens (tertiary/aromatic N) is 1. The molecule has 0 aromatic rings. The molecule has 4 nitrogen and oxygen atoms in total. The summed E-state index contributed by atoms with van der Waals surface area (Å²) in [5, 5.41) is 3.68. The minimum Gasteiger partial charge on any atom is -0.382 e. The summed E-state index contributed by atoms with van der Waals surface area (Å²) in [6.07, 6.45) is 8.27. The fraction of sp³-hybridized carbons (Fsp3) is 1.00. The predicted octanol–water partition coefficient (Wildman–Crippen LogP) is 3.66. The van der Waals surface area contributed by atoms with Crippen LogP contribution in [0, 0.1) is 5.41 Å². The van der Waals surface area contributed by atoms with Crippen LogP contribution in [0.15, 0.2) is 0 Å². The van der Waals surface area contributed by atoms with E-state index < -0.39 is 0 Å². The van der Waals surface area contributed by atoms with Gasteiger partial charge in [0.15, 0.2) is 0 Å². The average Bonchev–Trinajstić information content (AvgIpc) is 2.51. The van der Waals surface area contributed by atoms with E-state index in [1.165, 1.54) is 38.5 Å². The molecule has 0 amide bonds. The molecule has 1 N–H and O–H groups in total. The molecule has 1 fully saturated rings. The average molecular weight is 329 g/mol. The van der Waals surface area contributed by atoms with Crippen LogP contribution in [-0.2, 0) is 9.47 Å². The van der Waals surface area contributed by atoms with Crippen LogP contribution in [-0.4, -0.2) is 57.1 Å². The van der Waals surface area contributed by atoms with E-state index >= 15 is 0 Å². The number of hydrogen-bond donors (Lipinski definition) is 1. The van der Waals surface area contributed by atoms with Crippen molar-refractivity contribution in [2.75, 3.05) is 40.0 Å². The lowest BCUT2D eigenvalue weighted by atomic mass is 9.85. The molecule has 0 aliphatic carbocycles. The molecule has 0 saturated carbocycles. The monoisotopic (exact) mass is 328 g/mol. The van der Waals surface area contributed by atoms with Crippen LogP contribution >= 0.6 is 0 Å². The second-order valence-corrected chi connectivity index (χ2v) is 7.91. The normalized spacial score (nSPS) is 23.3. The molecular weight excluding hydrogens is 288 g/mol. The molecule has 2 atom stereocenters. The second-order valence-electron chi connectivity index (χ2n) is 7.91. The van der Waals surface area contributed by atoms with Crippen molar-refractivity contribution in [3.63, 3.8) is 0 Å². The van der Waals surface area contributed by atoms with Crippen molar-refractivity contribution in [1.29, 1.82) is 0 Å². The zero-order valence-electron chi connectivity index (χ0n) is 16.2.